The molecular weight excluding hydrogens is 585 g/mol. The van der Waals surface area contributed by atoms with Gasteiger partial charge in [0, 0.05) is 74.5 Å². The second-order valence-corrected chi connectivity index (χ2v) is 12.7. The van der Waals surface area contributed by atoms with Crippen molar-refractivity contribution in [1.82, 2.24) is 13.8 Å². The molecule has 44 heavy (non-hydrogen) atoms. The molecule has 1 aliphatic heterocycles. The van der Waals surface area contributed by atoms with Gasteiger partial charge >= 0.3 is 0 Å². The minimum atomic E-state index is -3.76. The lowest BCUT2D eigenvalue weighted by Crippen LogP contribution is -2.48. The highest BCUT2D eigenvalue weighted by Crippen LogP contribution is 2.36. The Kier molecular flexibility index (Phi) is 10.1. The van der Waals surface area contributed by atoms with E-state index in [9.17, 15) is 12.8 Å². The molecule has 0 aliphatic carbocycles. The summed E-state index contributed by atoms with van der Waals surface area (Å²) in [5.74, 6) is 1.82. The number of hydrogen-bond donors (Lipinski definition) is 2. The van der Waals surface area contributed by atoms with Gasteiger partial charge < -0.3 is 30.2 Å². The summed E-state index contributed by atoms with van der Waals surface area (Å²) in [6.45, 7) is 3.07. The van der Waals surface area contributed by atoms with E-state index in [0.717, 1.165) is 51.1 Å². The average Bonchev–Trinajstić information content (AvgIpc) is 3.41. The van der Waals surface area contributed by atoms with Gasteiger partial charge in [-0.05, 0) is 72.1 Å². The van der Waals surface area contributed by atoms with Crippen molar-refractivity contribution in [2.24, 2.45) is 11.5 Å². The number of rotatable bonds is 13. The summed E-state index contributed by atoms with van der Waals surface area (Å²) in [6, 6.07) is 16.3. The lowest BCUT2D eigenvalue weighted by molar-refractivity contribution is 0.181. The summed E-state index contributed by atoms with van der Waals surface area (Å²) in [5, 5.41) is 0.794. The van der Waals surface area contributed by atoms with E-state index in [4.69, 9.17) is 25.7 Å². The van der Waals surface area contributed by atoms with Crippen LogP contribution in [0.1, 0.15) is 17.5 Å². The van der Waals surface area contributed by atoms with E-state index >= 15 is 0 Å². The van der Waals surface area contributed by atoms with Crippen LogP contribution < -0.4 is 25.7 Å². The first-order chi connectivity index (χ1) is 21.3. The Bertz CT molecular complexity index is 1680. The number of aromatic nitrogens is 1. The zero-order chi connectivity index (χ0) is 31.3. The van der Waals surface area contributed by atoms with Crippen molar-refractivity contribution in [3.05, 3.63) is 71.9 Å². The highest BCUT2D eigenvalue weighted by Gasteiger charge is 2.29. The zero-order valence-corrected chi connectivity index (χ0v) is 26.0. The standard InChI is InChI=1S/C32H40FN5O5S/c1-41-26-14-23(15-27(17-26)42-2)20-36-10-12-38(13-11-36)44(39,40)28-5-7-32-30(18-28)31(21-37(32)9-3-8-34)29-6-4-25(43-22-33)16-24(29)19-35/h4-7,14-18,21H,3,8-13,19-20,22,34-35H2,1-2H3. The summed E-state index contributed by atoms with van der Waals surface area (Å²) in [5.41, 5.74) is 16.3. The summed E-state index contributed by atoms with van der Waals surface area (Å²) in [7, 11) is -0.518. The van der Waals surface area contributed by atoms with Crippen LogP contribution in [0.15, 0.2) is 65.7 Å². The molecule has 0 amide bonds. The molecular formula is C32H40FN5O5S. The topological polar surface area (TPSA) is 125 Å². The molecule has 3 aromatic carbocycles. The number of alkyl halides is 1. The predicted molar refractivity (Wildman–Crippen MR) is 169 cm³/mol. The van der Waals surface area contributed by atoms with Crippen molar-refractivity contribution in [3.8, 4) is 28.4 Å². The number of benzene rings is 3. The van der Waals surface area contributed by atoms with Crippen molar-refractivity contribution < 1.29 is 27.0 Å². The molecule has 4 N–H and O–H groups in total. The van der Waals surface area contributed by atoms with Gasteiger partial charge in [-0.25, -0.2) is 12.8 Å². The maximum absolute atomic E-state index is 13.9. The van der Waals surface area contributed by atoms with Gasteiger partial charge in [0.2, 0.25) is 16.9 Å². The van der Waals surface area contributed by atoms with E-state index in [1.165, 1.54) is 0 Å². The van der Waals surface area contributed by atoms with Gasteiger partial charge in [0.05, 0.1) is 19.1 Å². The van der Waals surface area contributed by atoms with E-state index < -0.39 is 16.9 Å². The zero-order valence-electron chi connectivity index (χ0n) is 25.2. The van der Waals surface area contributed by atoms with Gasteiger partial charge in [0.25, 0.3) is 0 Å². The van der Waals surface area contributed by atoms with E-state index in [1.54, 1.807) is 42.8 Å². The minimum Gasteiger partial charge on any atom is -0.497 e. The third-order valence-electron chi connectivity index (χ3n) is 8.05. The first kappa shape index (κ1) is 31.7. The number of hydrogen-bond acceptors (Lipinski definition) is 8. The van der Waals surface area contributed by atoms with Crippen LogP contribution in [0.25, 0.3) is 22.0 Å². The normalized spacial score (nSPS) is 14.7. The van der Waals surface area contributed by atoms with E-state index in [2.05, 4.69) is 9.47 Å². The van der Waals surface area contributed by atoms with Gasteiger partial charge in [-0.1, -0.05) is 6.07 Å². The molecule has 236 valence electrons. The predicted octanol–water partition coefficient (Wildman–Crippen LogP) is 3.95. The molecule has 10 nitrogen and oxygen atoms in total. The molecule has 0 radical (unpaired) electrons. The fourth-order valence-electron chi connectivity index (χ4n) is 5.75. The maximum Gasteiger partial charge on any atom is 0.243 e. The highest BCUT2D eigenvalue weighted by molar-refractivity contribution is 7.89. The number of nitrogens with two attached hydrogens (primary N) is 2. The second-order valence-electron chi connectivity index (χ2n) is 10.7. The summed E-state index contributed by atoms with van der Waals surface area (Å²) < 4.78 is 60.1. The number of fused-ring (bicyclic) bond motifs is 1. The molecule has 0 atom stereocenters. The Morgan fingerprint density at radius 1 is 0.864 bits per heavy atom. The third-order valence-corrected chi connectivity index (χ3v) is 9.94. The maximum atomic E-state index is 13.9. The van der Waals surface area contributed by atoms with Crippen molar-refractivity contribution in [2.75, 3.05) is 53.8 Å². The number of methoxy groups -OCH3 is 2. The molecule has 0 saturated carbocycles. The number of piperazine rings is 1. The molecule has 5 rings (SSSR count). The number of halogens is 1. The van der Waals surface area contributed by atoms with Crippen LogP contribution in [0.2, 0.25) is 0 Å². The molecule has 12 heteroatoms. The SMILES string of the molecule is COc1cc(CN2CCN(S(=O)(=O)c3ccc4c(c3)c(-c3ccc(OCF)cc3CN)cn4CCCN)CC2)cc(OC)c1. The Morgan fingerprint density at radius 3 is 2.23 bits per heavy atom. The Labute approximate surface area is 257 Å². The van der Waals surface area contributed by atoms with Crippen LogP contribution in [-0.4, -0.2) is 76.0 Å². The molecule has 1 fully saturated rings. The monoisotopic (exact) mass is 625 g/mol. The summed E-state index contributed by atoms with van der Waals surface area (Å²) in [6.07, 6.45) is 2.77. The van der Waals surface area contributed by atoms with Crippen LogP contribution in [0.5, 0.6) is 17.2 Å². The van der Waals surface area contributed by atoms with Gasteiger partial charge in [0.15, 0.2) is 0 Å². The highest BCUT2D eigenvalue weighted by atomic mass is 32.2. The molecule has 2 heterocycles. The van der Waals surface area contributed by atoms with Gasteiger partial charge in [-0.2, -0.15) is 4.31 Å². The van der Waals surface area contributed by atoms with E-state index in [-0.39, 0.29) is 11.4 Å². The number of sulfonamides is 1. The van der Waals surface area contributed by atoms with Crippen LogP contribution in [0, 0.1) is 0 Å². The first-order valence-electron chi connectivity index (χ1n) is 14.6. The Balaban J connectivity index is 1.41. The molecule has 1 aromatic heterocycles. The van der Waals surface area contributed by atoms with Crippen LogP contribution in [-0.2, 0) is 29.7 Å². The van der Waals surface area contributed by atoms with Crippen molar-refractivity contribution in [1.29, 1.82) is 0 Å². The van der Waals surface area contributed by atoms with Crippen LogP contribution in [0.3, 0.4) is 0 Å². The third kappa shape index (κ3) is 6.69. The quantitative estimate of drug-likeness (QED) is 0.229. The lowest BCUT2D eigenvalue weighted by Gasteiger charge is -2.34. The summed E-state index contributed by atoms with van der Waals surface area (Å²) >= 11 is 0. The number of aryl methyl sites for hydroxylation is 1. The van der Waals surface area contributed by atoms with Crippen molar-refractivity contribution >= 4 is 20.9 Å². The van der Waals surface area contributed by atoms with E-state index in [0.29, 0.717) is 51.6 Å². The molecule has 0 unspecified atom stereocenters. The second kappa shape index (κ2) is 14.0. The molecule has 0 bridgehead atoms. The first-order valence-corrected chi connectivity index (χ1v) is 16.0. The molecule has 1 aliphatic rings. The van der Waals surface area contributed by atoms with Crippen molar-refractivity contribution in [3.63, 3.8) is 0 Å². The lowest BCUT2D eigenvalue weighted by atomic mass is 9.99. The van der Waals surface area contributed by atoms with Crippen LogP contribution >= 0.6 is 0 Å². The van der Waals surface area contributed by atoms with Gasteiger partial charge in [-0.3, -0.25) is 4.90 Å². The minimum absolute atomic E-state index is 0.207. The Hall–Kier alpha value is -3.68. The van der Waals surface area contributed by atoms with Crippen LogP contribution in [0.4, 0.5) is 4.39 Å². The fraction of sp³-hybridized carbons (Fsp3) is 0.375. The fourth-order valence-corrected chi connectivity index (χ4v) is 7.19. The average molecular weight is 626 g/mol. The molecule has 1 saturated heterocycles. The summed E-state index contributed by atoms with van der Waals surface area (Å²) in [4.78, 5) is 2.46. The molecule has 4 aromatic rings. The van der Waals surface area contributed by atoms with Gasteiger partial charge in [0.1, 0.15) is 17.2 Å². The van der Waals surface area contributed by atoms with Crippen molar-refractivity contribution in [2.45, 2.75) is 31.0 Å². The smallest absolute Gasteiger partial charge is 0.243 e. The number of nitrogens with zero attached hydrogens (tertiary/aromatic N) is 3. The molecule has 0 spiro atoms. The Morgan fingerprint density at radius 2 is 1.59 bits per heavy atom. The van der Waals surface area contributed by atoms with E-state index in [1.807, 2.05) is 36.5 Å². The largest absolute Gasteiger partial charge is 0.497 e. The number of ether oxygens (including phenoxy) is 3. The van der Waals surface area contributed by atoms with Gasteiger partial charge in [-0.15, -0.1) is 0 Å².